The Hall–Kier alpha value is -3.41. The molecule has 0 unspecified atom stereocenters. The molecule has 0 aliphatic rings. The van der Waals surface area contributed by atoms with E-state index in [1.54, 1.807) is 36.4 Å². The van der Waals surface area contributed by atoms with Crippen molar-refractivity contribution in [3.63, 3.8) is 0 Å². The van der Waals surface area contributed by atoms with Crippen LogP contribution in [0.4, 0.5) is 0 Å². The largest absolute Gasteiger partial charge is 0.490 e. The first-order valence-electron chi connectivity index (χ1n) is 8.09. The maximum Gasteiger partial charge on any atom is 0.259 e. The van der Waals surface area contributed by atoms with Gasteiger partial charge in [-0.15, -0.1) is 0 Å². The van der Waals surface area contributed by atoms with Gasteiger partial charge in [-0.2, -0.15) is 5.10 Å². The summed E-state index contributed by atoms with van der Waals surface area (Å²) in [4.78, 5) is 23.7. The zero-order valence-corrected chi connectivity index (χ0v) is 14.6. The molecule has 2 N–H and O–H groups in total. The Morgan fingerprint density at radius 3 is 2.65 bits per heavy atom. The van der Waals surface area contributed by atoms with Gasteiger partial charge in [0.1, 0.15) is 12.4 Å². The number of rotatable bonds is 8. The molecule has 0 bridgehead atoms. The Kier molecular flexibility index (Phi) is 7.12. The molecule has 2 aromatic rings. The lowest BCUT2D eigenvalue weighted by atomic mass is 10.1. The van der Waals surface area contributed by atoms with Crippen LogP contribution in [0.25, 0.3) is 0 Å². The molecule has 0 fully saturated rings. The number of hydrogen-bond donors (Lipinski definition) is 2. The molecule has 6 heteroatoms. The van der Waals surface area contributed by atoms with Gasteiger partial charge < -0.3 is 10.1 Å². The molecular formula is C20H21N3O3. The van der Waals surface area contributed by atoms with Crippen molar-refractivity contribution in [1.82, 2.24) is 10.7 Å². The fraction of sp³-hybridized carbons (Fsp3) is 0.150. The summed E-state index contributed by atoms with van der Waals surface area (Å²) in [5.74, 6) is 0.0149. The van der Waals surface area contributed by atoms with Gasteiger partial charge in [-0.05, 0) is 48.9 Å². The van der Waals surface area contributed by atoms with Gasteiger partial charge in [0.15, 0.2) is 0 Å². The van der Waals surface area contributed by atoms with Gasteiger partial charge in [-0.25, -0.2) is 5.43 Å². The summed E-state index contributed by atoms with van der Waals surface area (Å²) >= 11 is 0. The van der Waals surface area contributed by atoms with Crippen molar-refractivity contribution in [2.24, 2.45) is 5.10 Å². The fourth-order valence-electron chi connectivity index (χ4n) is 2.07. The third-order valence-electron chi connectivity index (χ3n) is 3.34. The summed E-state index contributed by atoms with van der Waals surface area (Å²) in [6, 6.07) is 14.4. The van der Waals surface area contributed by atoms with Crippen molar-refractivity contribution in [2.45, 2.75) is 6.92 Å². The molecular weight excluding hydrogens is 330 g/mol. The predicted molar refractivity (Wildman–Crippen MR) is 101 cm³/mol. The first-order chi connectivity index (χ1) is 12.6. The van der Waals surface area contributed by atoms with Gasteiger partial charge in [-0.3, -0.25) is 9.59 Å². The van der Waals surface area contributed by atoms with Gasteiger partial charge in [-0.1, -0.05) is 30.4 Å². The summed E-state index contributed by atoms with van der Waals surface area (Å²) in [5, 5.41) is 6.42. The van der Waals surface area contributed by atoms with Crippen LogP contribution in [-0.2, 0) is 4.79 Å². The molecule has 0 saturated carbocycles. The van der Waals surface area contributed by atoms with E-state index < -0.39 is 5.91 Å². The van der Waals surface area contributed by atoms with E-state index in [1.807, 2.05) is 25.1 Å². The number of nitrogens with one attached hydrogen (secondary N) is 2. The van der Waals surface area contributed by atoms with Crippen molar-refractivity contribution in [3.8, 4) is 5.75 Å². The Labute approximate surface area is 152 Å². The van der Waals surface area contributed by atoms with Crippen LogP contribution in [-0.4, -0.2) is 31.2 Å². The summed E-state index contributed by atoms with van der Waals surface area (Å²) in [7, 11) is 0. The highest BCUT2D eigenvalue weighted by atomic mass is 16.5. The smallest absolute Gasteiger partial charge is 0.259 e. The van der Waals surface area contributed by atoms with E-state index in [0.717, 1.165) is 16.9 Å². The summed E-state index contributed by atoms with van der Waals surface area (Å²) in [5.41, 5.74) is 4.67. The quantitative estimate of drug-likeness (QED) is 0.435. The topological polar surface area (TPSA) is 79.8 Å². The lowest BCUT2D eigenvalue weighted by molar-refractivity contribution is -0.120. The second-order valence-corrected chi connectivity index (χ2v) is 5.51. The minimum atomic E-state index is -0.409. The number of hydrazone groups is 1. The molecule has 0 radical (unpaired) electrons. The molecule has 0 atom stereocenters. The zero-order chi connectivity index (χ0) is 18.8. The molecule has 0 aliphatic carbocycles. The third kappa shape index (κ3) is 6.24. The predicted octanol–water partition coefficient (Wildman–Crippen LogP) is 2.44. The first kappa shape index (κ1) is 18.9. The molecule has 2 aromatic carbocycles. The molecule has 6 nitrogen and oxygen atoms in total. The fourth-order valence-corrected chi connectivity index (χ4v) is 2.07. The molecule has 2 rings (SSSR count). The van der Waals surface area contributed by atoms with Crippen LogP contribution >= 0.6 is 0 Å². The van der Waals surface area contributed by atoms with Crippen LogP contribution in [0.5, 0.6) is 5.75 Å². The lowest BCUT2D eigenvalue weighted by Gasteiger charge is -2.05. The minimum absolute atomic E-state index is 0.154. The van der Waals surface area contributed by atoms with E-state index in [0.29, 0.717) is 12.2 Å². The van der Waals surface area contributed by atoms with Crippen LogP contribution in [0.2, 0.25) is 0 Å². The van der Waals surface area contributed by atoms with Crippen molar-refractivity contribution < 1.29 is 14.3 Å². The van der Waals surface area contributed by atoms with Crippen molar-refractivity contribution in [2.75, 3.05) is 13.2 Å². The first-order valence-corrected chi connectivity index (χ1v) is 8.09. The van der Waals surface area contributed by atoms with Gasteiger partial charge in [0.25, 0.3) is 11.8 Å². The van der Waals surface area contributed by atoms with Crippen LogP contribution in [0.15, 0.2) is 66.3 Å². The van der Waals surface area contributed by atoms with Gasteiger partial charge in [0.05, 0.1) is 12.8 Å². The van der Waals surface area contributed by atoms with Gasteiger partial charge in [0.2, 0.25) is 0 Å². The van der Waals surface area contributed by atoms with Crippen molar-refractivity contribution >= 4 is 18.0 Å². The monoisotopic (exact) mass is 351 g/mol. The highest BCUT2D eigenvalue weighted by Gasteiger charge is 2.07. The second-order valence-electron chi connectivity index (χ2n) is 5.51. The third-order valence-corrected chi connectivity index (χ3v) is 3.34. The Bertz CT molecular complexity index is 798. The summed E-state index contributed by atoms with van der Waals surface area (Å²) in [6.07, 6.45) is 3.18. The lowest BCUT2D eigenvalue weighted by Crippen LogP contribution is -2.34. The summed E-state index contributed by atoms with van der Waals surface area (Å²) in [6.45, 7) is 5.77. The molecule has 0 aromatic heterocycles. The number of hydrogen-bond acceptors (Lipinski definition) is 4. The SMILES string of the molecule is C=CCOc1ccc(C=NNC(=O)CNC(=O)c2cccc(C)c2)cc1. The second kappa shape index (κ2) is 9.78. The van der Waals surface area contributed by atoms with Gasteiger partial charge in [0, 0.05) is 5.56 Å². The van der Waals surface area contributed by atoms with Crippen LogP contribution in [0.3, 0.4) is 0 Å². The Morgan fingerprint density at radius 1 is 1.19 bits per heavy atom. The molecule has 2 amide bonds. The van der Waals surface area contributed by atoms with E-state index in [4.69, 9.17) is 4.74 Å². The number of carbonyl (C=O) groups excluding carboxylic acids is 2. The number of amides is 2. The maximum atomic E-state index is 12.0. The molecule has 0 spiro atoms. The molecule has 134 valence electrons. The maximum absolute atomic E-state index is 12.0. The average molecular weight is 351 g/mol. The highest BCUT2D eigenvalue weighted by molar-refractivity contribution is 5.96. The minimum Gasteiger partial charge on any atom is -0.490 e. The van der Waals surface area contributed by atoms with E-state index in [1.165, 1.54) is 6.21 Å². The average Bonchev–Trinajstić information content (AvgIpc) is 2.65. The number of aryl methyl sites for hydroxylation is 1. The van der Waals surface area contributed by atoms with Crippen LogP contribution < -0.4 is 15.5 Å². The van der Waals surface area contributed by atoms with E-state index in [2.05, 4.69) is 22.4 Å². The Balaban J connectivity index is 1.76. The number of benzene rings is 2. The van der Waals surface area contributed by atoms with Crippen molar-refractivity contribution in [3.05, 3.63) is 77.9 Å². The molecule has 0 saturated heterocycles. The number of ether oxygens (including phenoxy) is 1. The van der Waals surface area contributed by atoms with Gasteiger partial charge >= 0.3 is 0 Å². The normalized spacial score (nSPS) is 10.3. The highest BCUT2D eigenvalue weighted by Crippen LogP contribution is 2.10. The number of nitrogens with zero attached hydrogens (tertiary/aromatic N) is 1. The Morgan fingerprint density at radius 2 is 1.96 bits per heavy atom. The van der Waals surface area contributed by atoms with Crippen LogP contribution in [0, 0.1) is 6.92 Å². The molecule has 26 heavy (non-hydrogen) atoms. The number of carbonyl (C=O) groups is 2. The van der Waals surface area contributed by atoms with E-state index in [-0.39, 0.29) is 12.5 Å². The molecule has 0 aliphatic heterocycles. The van der Waals surface area contributed by atoms with Crippen molar-refractivity contribution in [1.29, 1.82) is 0 Å². The van der Waals surface area contributed by atoms with E-state index >= 15 is 0 Å². The zero-order valence-electron chi connectivity index (χ0n) is 14.6. The van der Waals surface area contributed by atoms with Crippen LogP contribution in [0.1, 0.15) is 21.5 Å². The standard InChI is InChI=1S/C20H21N3O3/c1-3-11-26-18-9-7-16(8-10-18)13-22-23-19(24)14-21-20(25)17-6-4-5-15(2)12-17/h3-10,12-13H,1,11,14H2,2H3,(H,21,25)(H,23,24). The summed E-state index contributed by atoms with van der Waals surface area (Å²) < 4.78 is 5.38. The van der Waals surface area contributed by atoms with E-state index in [9.17, 15) is 9.59 Å². The molecule has 0 heterocycles.